The van der Waals surface area contributed by atoms with Crippen LogP contribution in [0.5, 0.6) is 0 Å². The highest BCUT2D eigenvalue weighted by atomic mass is 16.3. The van der Waals surface area contributed by atoms with Crippen LogP contribution in [0.3, 0.4) is 0 Å². The van der Waals surface area contributed by atoms with Crippen molar-refractivity contribution in [2.45, 2.75) is 25.7 Å². The summed E-state index contributed by atoms with van der Waals surface area (Å²) in [6.45, 7) is 0. The normalized spacial score (nSPS) is 15.9. The Morgan fingerprint density at radius 3 is 2.04 bits per heavy atom. The van der Waals surface area contributed by atoms with Crippen LogP contribution in [0.2, 0.25) is 0 Å². The van der Waals surface area contributed by atoms with Crippen LogP contribution in [0.25, 0.3) is 87.3 Å². The molecule has 1 heterocycles. The molecule has 1 aliphatic carbocycles. The Morgan fingerprint density at radius 2 is 1.22 bits per heavy atom. The van der Waals surface area contributed by atoms with Crippen molar-refractivity contribution < 1.29 is 15.4 Å². The molecule has 0 N–H and O–H groups in total. The van der Waals surface area contributed by atoms with Crippen LogP contribution in [-0.4, -0.2) is 0 Å². The zero-order valence-electron chi connectivity index (χ0n) is 32.3. The van der Waals surface area contributed by atoms with Gasteiger partial charge in [0.2, 0.25) is 0 Å². The fraction of sp³-hybridized carbons (Fsp3) is 0.0909. The van der Waals surface area contributed by atoms with E-state index in [1.54, 1.807) is 0 Å². The molecule has 1 heteroatoms. The Kier molecular flexibility index (Phi) is 3.91. The largest absolute Gasteiger partial charge is 0.456 e. The van der Waals surface area contributed by atoms with Gasteiger partial charge in [-0.25, -0.2) is 0 Å². The van der Waals surface area contributed by atoms with Gasteiger partial charge in [0.05, 0.1) is 11.0 Å². The van der Waals surface area contributed by atoms with E-state index in [1.807, 2.05) is 66.7 Å². The molecular formula is C44H30O. The lowest BCUT2D eigenvalue weighted by molar-refractivity contribution is 0.637. The van der Waals surface area contributed by atoms with Crippen molar-refractivity contribution in [3.63, 3.8) is 0 Å². The van der Waals surface area contributed by atoms with Gasteiger partial charge in [0, 0.05) is 10.8 Å². The van der Waals surface area contributed by atoms with E-state index >= 15 is 0 Å². The first-order valence-electron chi connectivity index (χ1n) is 19.5. The quantitative estimate of drug-likeness (QED) is 0.146. The van der Waals surface area contributed by atoms with Crippen molar-refractivity contribution in [3.05, 3.63) is 144 Å². The molecular weight excluding hydrogens is 544 g/mol. The third kappa shape index (κ3) is 3.61. The second-order valence-electron chi connectivity index (χ2n) is 12.0. The summed E-state index contributed by atoms with van der Waals surface area (Å²) < 4.78 is 79.7. The van der Waals surface area contributed by atoms with Gasteiger partial charge in [-0.05, 0) is 114 Å². The Bertz CT molecular complexity index is 3030. The molecule has 45 heavy (non-hydrogen) atoms. The predicted molar refractivity (Wildman–Crippen MR) is 191 cm³/mol. The van der Waals surface area contributed by atoms with Crippen molar-refractivity contribution in [3.8, 4) is 22.3 Å². The minimum absolute atomic E-state index is 0.196. The maximum atomic E-state index is 9.44. The molecule has 1 aromatic heterocycles. The molecule has 9 aromatic rings. The standard InChI is InChI=1S/C44H30O/c1-3-12-31-27(10-1)20-21-29-26-30(23-24-32(29)31)41-34-14-5-7-16-36(34)42(37-17-8-6-15-35(37)41)38-18-9-19-40-43(38)39-25-22-28-11-2-4-13-33(28)44(39)45-40/h1,3,5-10,12,14-26H,2,4,11,13H2/i5D,6D,7D,8D,14D,15D,16D,17D. The summed E-state index contributed by atoms with van der Waals surface area (Å²) in [4.78, 5) is 0. The summed E-state index contributed by atoms with van der Waals surface area (Å²) in [5.41, 5.74) is 5.67. The van der Waals surface area contributed by atoms with Gasteiger partial charge in [0.25, 0.3) is 0 Å². The maximum absolute atomic E-state index is 9.44. The van der Waals surface area contributed by atoms with Crippen LogP contribution in [0, 0.1) is 0 Å². The molecule has 0 aliphatic heterocycles. The second kappa shape index (κ2) is 9.55. The minimum Gasteiger partial charge on any atom is -0.456 e. The predicted octanol–water partition coefficient (Wildman–Crippen LogP) is 12.4. The lowest BCUT2D eigenvalue weighted by Crippen LogP contribution is -2.02. The van der Waals surface area contributed by atoms with Crippen LogP contribution in [0.1, 0.15) is 34.9 Å². The van der Waals surface area contributed by atoms with E-state index in [0.717, 1.165) is 63.6 Å². The first-order valence-corrected chi connectivity index (χ1v) is 15.5. The maximum Gasteiger partial charge on any atom is 0.138 e. The molecule has 0 radical (unpaired) electrons. The number of hydrogen-bond acceptors (Lipinski definition) is 1. The molecule has 0 bridgehead atoms. The fourth-order valence-electron chi connectivity index (χ4n) is 7.67. The number of benzene rings is 8. The van der Waals surface area contributed by atoms with Gasteiger partial charge >= 0.3 is 0 Å². The first-order chi connectivity index (χ1) is 25.7. The average molecular weight is 583 g/mol. The van der Waals surface area contributed by atoms with Crippen LogP contribution in [0.4, 0.5) is 0 Å². The van der Waals surface area contributed by atoms with Gasteiger partial charge in [-0.1, -0.05) is 121 Å². The van der Waals surface area contributed by atoms with Crippen LogP contribution in [0.15, 0.2) is 138 Å². The van der Waals surface area contributed by atoms with Crippen molar-refractivity contribution >= 4 is 65.0 Å². The third-order valence-corrected chi connectivity index (χ3v) is 9.67. The lowest BCUT2D eigenvalue weighted by Gasteiger charge is -2.19. The molecule has 1 nitrogen and oxygen atoms in total. The molecule has 10 rings (SSSR count). The SMILES string of the molecule is [2H]c1c([2H])c([2H])c2c(-c3cccc4oc5c6c(ccc5c34)CCCC6)c3c([2H])c([2H])c([2H])c([2H])c3c(-c3ccc4c(ccc5ccccc54)c3)c2c1[2H]. The van der Waals surface area contributed by atoms with Gasteiger partial charge < -0.3 is 4.42 Å². The molecule has 0 spiro atoms. The molecule has 0 amide bonds. The summed E-state index contributed by atoms with van der Waals surface area (Å²) in [5.74, 6) is 0. The van der Waals surface area contributed by atoms with E-state index in [1.165, 1.54) is 11.1 Å². The van der Waals surface area contributed by atoms with E-state index in [2.05, 4.69) is 18.2 Å². The monoisotopic (exact) mass is 582 g/mol. The third-order valence-electron chi connectivity index (χ3n) is 9.67. The molecule has 0 unspecified atom stereocenters. The Labute approximate surface area is 272 Å². The Balaban J connectivity index is 1.44. The number of aryl methyl sites for hydroxylation is 2. The number of rotatable bonds is 2. The van der Waals surface area contributed by atoms with E-state index in [-0.39, 0.29) is 45.7 Å². The highest BCUT2D eigenvalue weighted by Crippen LogP contribution is 2.48. The van der Waals surface area contributed by atoms with E-state index in [4.69, 9.17) is 9.90 Å². The summed E-state index contributed by atoms with van der Waals surface area (Å²) in [6, 6.07) is 25.0. The van der Waals surface area contributed by atoms with E-state index in [0.29, 0.717) is 27.8 Å². The van der Waals surface area contributed by atoms with Crippen molar-refractivity contribution in [2.24, 2.45) is 0 Å². The fourth-order valence-corrected chi connectivity index (χ4v) is 7.67. The summed E-state index contributed by atoms with van der Waals surface area (Å²) in [7, 11) is 0. The van der Waals surface area contributed by atoms with Crippen molar-refractivity contribution in [1.82, 2.24) is 0 Å². The summed E-state index contributed by atoms with van der Waals surface area (Å²) >= 11 is 0. The Hall–Kier alpha value is -5.40. The highest BCUT2D eigenvalue weighted by molar-refractivity contribution is 6.26. The second-order valence-corrected chi connectivity index (χ2v) is 12.0. The van der Waals surface area contributed by atoms with Gasteiger partial charge in [-0.2, -0.15) is 0 Å². The summed E-state index contributed by atoms with van der Waals surface area (Å²) in [5, 5.41) is 6.44. The van der Waals surface area contributed by atoms with Gasteiger partial charge in [-0.15, -0.1) is 0 Å². The summed E-state index contributed by atoms with van der Waals surface area (Å²) in [6.07, 6.45) is 4.05. The van der Waals surface area contributed by atoms with E-state index in [9.17, 15) is 5.48 Å². The molecule has 0 atom stereocenters. The topological polar surface area (TPSA) is 13.1 Å². The van der Waals surface area contributed by atoms with Gasteiger partial charge in [0.15, 0.2) is 0 Å². The molecule has 0 saturated heterocycles. The molecule has 8 aromatic carbocycles. The molecule has 0 saturated carbocycles. The number of fused-ring (bicyclic) bond motifs is 10. The average Bonchev–Trinajstić information content (AvgIpc) is 3.59. The van der Waals surface area contributed by atoms with Crippen LogP contribution >= 0.6 is 0 Å². The van der Waals surface area contributed by atoms with Crippen molar-refractivity contribution in [2.75, 3.05) is 0 Å². The molecule has 1 aliphatic rings. The zero-order valence-corrected chi connectivity index (χ0v) is 24.3. The first kappa shape index (κ1) is 18.4. The number of furan rings is 1. The van der Waals surface area contributed by atoms with E-state index < -0.39 is 24.2 Å². The lowest BCUT2D eigenvalue weighted by atomic mass is 9.84. The molecule has 0 fully saturated rings. The Morgan fingerprint density at radius 1 is 0.533 bits per heavy atom. The minimum atomic E-state index is -0.418. The van der Waals surface area contributed by atoms with Gasteiger partial charge in [-0.3, -0.25) is 0 Å². The van der Waals surface area contributed by atoms with Crippen molar-refractivity contribution in [1.29, 1.82) is 0 Å². The van der Waals surface area contributed by atoms with Gasteiger partial charge in [0.1, 0.15) is 11.2 Å². The smallest absolute Gasteiger partial charge is 0.138 e. The number of hydrogen-bond donors (Lipinski definition) is 0. The molecule has 212 valence electrons. The van der Waals surface area contributed by atoms with Crippen LogP contribution in [-0.2, 0) is 12.8 Å². The van der Waals surface area contributed by atoms with Crippen LogP contribution < -0.4 is 0 Å². The highest BCUT2D eigenvalue weighted by Gasteiger charge is 2.22. The zero-order chi connectivity index (χ0) is 36.4.